The van der Waals surface area contributed by atoms with E-state index in [0.29, 0.717) is 25.3 Å². The summed E-state index contributed by atoms with van der Waals surface area (Å²) in [5.41, 5.74) is 2.55. The van der Waals surface area contributed by atoms with Crippen molar-refractivity contribution >= 4 is 11.8 Å². The number of nitrogens with zero attached hydrogens (tertiary/aromatic N) is 1. The van der Waals surface area contributed by atoms with Crippen molar-refractivity contribution in [3.05, 3.63) is 95.6 Å². The van der Waals surface area contributed by atoms with Crippen LogP contribution in [0.15, 0.2) is 78.9 Å². The molecule has 2 amide bonds. The fourth-order valence-corrected chi connectivity index (χ4v) is 4.86. The van der Waals surface area contributed by atoms with Gasteiger partial charge in [0.1, 0.15) is 0 Å². The Morgan fingerprint density at radius 1 is 0.886 bits per heavy atom. The van der Waals surface area contributed by atoms with Crippen LogP contribution in [0.1, 0.15) is 59.3 Å². The van der Waals surface area contributed by atoms with Crippen molar-refractivity contribution in [2.24, 2.45) is 0 Å². The summed E-state index contributed by atoms with van der Waals surface area (Å²) in [6, 6.07) is 24.4. The van der Waals surface area contributed by atoms with Gasteiger partial charge in [-0.05, 0) is 48.2 Å². The molecule has 2 heterocycles. The van der Waals surface area contributed by atoms with Crippen LogP contribution in [0.5, 0.6) is 11.5 Å². The molecule has 1 N–H and O–H groups in total. The molecule has 0 saturated carbocycles. The zero-order valence-corrected chi connectivity index (χ0v) is 19.7. The molecule has 2 aliphatic heterocycles. The summed E-state index contributed by atoms with van der Waals surface area (Å²) >= 11 is 0. The summed E-state index contributed by atoms with van der Waals surface area (Å²) in [6.07, 6.45) is 2.90. The highest BCUT2D eigenvalue weighted by molar-refractivity contribution is 5.94. The van der Waals surface area contributed by atoms with Crippen molar-refractivity contribution in [3.63, 3.8) is 0 Å². The highest BCUT2D eigenvalue weighted by atomic mass is 16.5. The smallest absolute Gasteiger partial charge is 0.251 e. The summed E-state index contributed by atoms with van der Waals surface area (Å²) in [5, 5.41) is 3.08. The summed E-state index contributed by atoms with van der Waals surface area (Å²) in [6.45, 7) is 1.98. The molecule has 5 rings (SSSR count). The van der Waals surface area contributed by atoms with Gasteiger partial charge in [0.25, 0.3) is 5.91 Å². The van der Waals surface area contributed by atoms with E-state index in [0.717, 1.165) is 41.9 Å². The van der Waals surface area contributed by atoms with Crippen LogP contribution in [-0.4, -0.2) is 36.5 Å². The molecule has 3 aromatic carbocycles. The molecule has 1 saturated heterocycles. The van der Waals surface area contributed by atoms with Crippen molar-refractivity contribution in [2.45, 2.75) is 37.8 Å². The Morgan fingerprint density at radius 2 is 1.60 bits per heavy atom. The number of hydrogen-bond acceptors (Lipinski definition) is 4. The van der Waals surface area contributed by atoms with E-state index in [9.17, 15) is 9.59 Å². The zero-order chi connectivity index (χ0) is 24.0. The molecule has 2 atom stereocenters. The second kappa shape index (κ2) is 10.6. The normalized spacial score (nSPS) is 17.9. The Kier molecular flexibility index (Phi) is 6.98. The van der Waals surface area contributed by atoms with Crippen molar-refractivity contribution in [2.75, 3.05) is 19.8 Å². The predicted octanol–water partition coefficient (Wildman–Crippen LogP) is 5.07. The lowest BCUT2D eigenvalue weighted by atomic mass is 10.0. The van der Waals surface area contributed by atoms with E-state index in [-0.39, 0.29) is 24.3 Å². The number of benzene rings is 3. The van der Waals surface area contributed by atoms with Crippen molar-refractivity contribution < 1.29 is 19.1 Å². The van der Waals surface area contributed by atoms with Gasteiger partial charge >= 0.3 is 0 Å². The first-order valence-electron chi connectivity index (χ1n) is 12.3. The molecule has 2 aliphatic rings. The fraction of sp³-hybridized carbons (Fsp3) is 0.310. The second-order valence-corrected chi connectivity index (χ2v) is 9.01. The molecule has 0 spiro atoms. The summed E-state index contributed by atoms with van der Waals surface area (Å²) in [7, 11) is 0. The van der Waals surface area contributed by atoms with Crippen LogP contribution in [0.3, 0.4) is 0 Å². The Bertz CT molecular complexity index is 1170. The Hall–Kier alpha value is -3.80. The van der Waals surface area contributed by atoms with Crippen LogP contribution in [0, 0.1) is 0 Å². The number of fused-ring (bicyclic) bond motifs is 1. The minimum Gasteiger partial charge on any atom is -0.490 e. The summed E-state index contributed by atoms with van der Waals surface area (Å²) in [5.74, 6) is 1.35. The quantitative estimate of drug-likeness (QED) is 0.546. The molecular weight excluding hydrogens is 440 g/mol. The van der Waals surface area contributed by atoms with Crippen LogP contribution < -0.4 is 14.8 Å². The van der Waals surface area contributed by atoms with Gasteiger partial charge in [-0.15, -0.1) is 0 Å². The van der Waals surface area contributed by atoms with Gasteiger partial charge in [-0.2, -0.15) is 0 Å². The molecule has 0 unspecified atom stereocenters. The summed E-state index contributed by atoms with van der Waals surface area (Å²) < 4.78 is 11.6. The van der Waals surface area contributed by atoms with Gasteiger partial charge in [-0.25, -0.2) is 0 Å². The number of hydrogen-bond donors (Lipinski definition) is 1. The molecule has 180 valence electrons. The van der Waals surface area contributed by atoms with Crippen LogP contribution in [0.2, 0.25) is 0 Å². The predicted molar refractivity (Wildman–Crippen MR) is 133 cm³/mol. The van der Waals surface area contributed by atoms with Gasteiger partial charge in [-0.3, -0.25) is 9.59 Å². The lowest BCUT2D eigenvalue weighted by Gasteiger charge is -2.28. The average Bonchev–Trinajstić information content (AvgIpc) is 3.28. The lowest BCUT2D eigenvalue weighted by molar-refractivity contribution is -0.132. The van der Waals surface area contributed by atoms with E-state index in [1.165, 1.54) is 0 Å². The maximum Gasteiger partial charge on any atom is 0.251 e. The second-order valence-electron chi connectivity index (χ2n) is 9.01. The number of ether oxygens (including phenoxy) is 2. The SMILES string of the molecule is O=C(N[C@H](CC(=O)N1CCC[C@H]1c1ccc2c(c1)OCCCO2)c1ccccc1)c1ccccc1. The Labute approximate surface area is 205 Å². The molecule has 3 aromatic rings. The molecule has 6 nitrogen and oxygen atoms in total. The van der Waals surface area contributed by atoms with Crippen LogP contribution >= 0.6 is 0 Å². The van der Waals surface area contributed by atoms with Crippen molar-refractivity contribution in [3.8, 4) is 11.5 Å². The number of carbonyl (C=O) groups excluding carboxylic acids is 2. The monoisotopic (exact) mass is 470 g/mol. The zero-order valence-electron chi connectivity index (χ0n) is 19.7. The molecule has 0 radical (unpaired) electrons. The molecule has 35 heavy (non-hydrogen) atoms. The first kappa shape index (κ1) is 23.0. The van der Waals surface area contributed by atoms with Crippen molar-refractivity contribution in [1.82, 2.24) is 10.2 Å². The summed E-state index contributed by atoms with van der Waals surface area (Å²) in [4.78, 5) is 28.5. The third-order valence-electron chi connectivity index (χ3n) is 6.65. The van der Waals surface area contributed by atoms with E-state index in [1.807, 2.05) is 71.6 Å². The van der Waals surface area contributed by atoms with Gasteiger partial charge in [0.2, 0.25) is 5.91 Å². The van der Waals surface area contributed by atoms with Gasteiger partial charge in [0.05, 0.1) is 31.7 Å². The van der Waals surface area contributed by atoms with Crippen molar-refractivity contribution in [1.29, 1.82) is 0 Å². The van der Waals surface area contributed by atoms with Gasteiger partial charge in [0, 0.05) is 18.5 Å². The van der Waals surface area contributed by atoms with E-state index < -0.39 is 6.04 Å². The van der Waals surface area contributed by atoms with E-state index >= 15 is 0 Å². The highest BCUT2D eigenvalue weighted by Gasteiger charge is 2.32. The Morgan fingerprint density at radius 3 is 2.37 bits per heavy atom. The molecule has 0 aliphatic carbocycles. The molecule has 6 heteroatoms. The third kappa shape index (κ3) is 5.32. The first-order valence-corrected chi connectivity index (χ1v) is 12.3. The van der Waals surface area contributed by atoms with E-state index in [2.05, 4.69) is 5.32 Å². The number of nitrogens with one attached hydrogen (secondary N) is 1. The maximum atomic E-state index is 13.6. The minimum absolute atomic E-state index is 0.0131. The number of rotatable bonds is 6. The molecule has 0 aromatic heterocycles. The van der Waals surface area contributed by atoms with E-state index in [1.54, 1.807) is 12.1 Å². The average molecular weight is 471 g/mol. The highest BCUT2D eigenvalue weighted by Crippen LogP contribution is 2.38. The topological polar surface area (TPSA) is 67.9 Å². The van der Waals surface area contributed by atoms with Gasteiger partial charge in [0.15, 0.2) is 11.5 Å². The van der Waals surface area contributed by atoms with Gasteiger partial charge in [-0.1, -0.05) is 54.6 Å². The van der Waals surface area contributed by atoms with E-state index in [4.69, 9.17) is 9.47 Å². The minimum atomic E-state index is -0.415. The van der Waals surface area contributed by atoms with Gasteiger partial charge < -0.3 is 19.7 Å². The first-order chi connectivity index (χ1) is 17.2. The maximum absolute atomic E-state index is 13.6. The largest absolute Gasteiger partial charge is 0.490 e. The molecule has 0 bridgehead atoms. The van der Waals surface area contributed by atoms with Crippen LogP contribution in [-0.2, 0) is 4.79 Å². The van der Waals surface area contributed by atoms with Crippen LogP contribution in [0.4, 0.5) is 0 Å². The lowest BCUT2D eigenvalue weighted by Crippen LogP contribution is -2.36. The molecular formula is C29H30N2O4. The van der Waals surface area contributed by atoms with Crippen LogP contribution in [0.25, 0.3) is 0 Å². The third-order valence-corrected chi connectivity index (χ3v) is 6.65. The number of amides is 2. The fourth-order valence-electron chi connectivity index (χ4n) is 4.86. The standard InChI is InChI=1S/C29H30N2O4/c32-28(20-24(21-9-3-1-4-10-21)30-29(33)22-11-5-2-6-12-22)31-16-7-13-25(31)23-14-15-26-27(19-23)35-18-8-17-34-26/h1-6,9-12,14-15,19,24-25H,7-8,13,16-18,20H2,(H,30,33)/t24-,25+/m1/s1. The number of likely N-dealkylation sites (tertiary alicyclic amines) is 1. The Balaban J connectivity index is 1.34. The molecule has 1 fully saturated rings. The number of carbonyl (C=O) groups is 2.